The highest BCUT2D eigenvalue weighted by Gasteiger charge is 2.14. The summed E-state index contributed by atoms with van der Waals surface area (Å²) in [5.74, 6) is 4.62. The van der Waals surface area contributed by atoms with Gasteiger partial charge in [0, 0.05) is 6.42 Å². The van der Waals surface area contributed by atoms with Crippen molar-refractivity contribution >= 4 is 5.91 Å². The molecule has 4 heteroatoms. The molecule has 4 nitrogen and oxygen atoms in total. The number of hydrogen-bond acceptors (Lipinski definition) is 3. The van der Waals surface area contributed by atoms with E-state index in [4.69, 9.17) is 5.84 Å². The summed E-state index contributed by atoms with van der Waals surface area (Å²) in [6.07, 6.45) is 0.539. The Labute approximate surface area is 66.7 Å². The number of amides is 1. The van der Waals surface area contributed by atoms with Crippen LogP contribution in [0.5, 0.6) is 0 Å². The Balaban J connectivity index is 3.67. The van der Waals surface area contributed by atoms with Crippen LogP contribution in [0.3, 0.4) is 0 Å². The van der Waals surface area contributed by atoms with Crippen molar-refractivity contribution in [1.82, 2.24) is 5.43 Å². The van der Waals surface area contributed by atoms with Gasteiger partial charge in [-0.15, -0.1) is 0 Å². The molecule has 11 heavy (non-hydrogen) atoms. The molecule has 0 aromatic carbocycles. The Morgan fingerprint density at radius 3 is 2.64 bits per heavy atom. The van der Waals surface area contributed by atoms with E-state index in [2.05, 4.69) is 0 Å². The summed E-state index contributed by atoms with van der Waals surface area (Å²) < 4.78 is 0. The third-order valence-corrected chi connectivity index (χ3v) is 1.74. The van der Waals surface area contributed by atoms with Gasteiger partial charge in [-0.2, -0.15) is 0 Å². The number of aliphatic hydroxyl groups excluding tert-OH is 1. The van der Waals surface area contributed by atoms with Crippen molar-refractivity contribution in [1.29, 1.82) is 0 Å². The maximum absolute atomic E-state index is 10.7. The van der Waals surface area contributed by atoms with Gasteiger partial charge in [-0.25, -0.2) is 5.84 Å². The fraction of sp³-hybridized carbons (Fsp3) is 0.857. The van der Waals surface area contributed by atoms with E-state index in [1.54, 1.807) is 0 Å². The van der Waals surface area contributed by atoms with Crippen molar-refractivity contribution in [2.24, 2.45) is 11.8 Å². The van der Waals surface area contributed by atoms with Gasteiger partial charge in [0.15, 0.2) is 0 Å². The largest absolute Gasteiger partial charge is 0.393 e. The second kappa shape index (κ2) is 5.09. The van der Waals surface area contributed by atoms with Crippen molar-refractivity contribution in [3.63, 3.8) is 0 Å². The normalized spacial score (nSPS) is 15.6. The predicted molar refractivity (Wildman–Crippen MR) is 42.4 cm³/mol. The average Bonchev–Trinajstić information content (AvgIpc) is 2.02. The third-order valence-electron chi connectivity index (χ3n) is 1.74. The Kier molecular flexibility index (Phi) is 4.81. The third kappa shape index (κ3) is 3.95. The highest BCUT2D eigenvalue weighted by molar-refractivity contribution is 5.75. The summed E-state index contributed by atoms with van der Waals surface area (Å²) in [5.41, 5.74) is 2.02. The van der Waals surface area contributed by atoms with Crippen molar-refractivity contribution in [3.8, 4) is 0 Å². The van der Waals surface area contributed by atoms with E-state index in [-0.39, 0.29) is 18.2 Å². The minimum Gasteiger partial charge on any atom is -0.393 e. The number of carbonyl (C=O) groups excluding carboxylic acids is 1. The molecule has 2 unspecified atom stereocenters. The molecule has 0 spiro atoms. The van der Waals surface area contributed by atoms with Crippen molar-refractivity contribution < 1.29 is 9.90 Å². The van der Waals surface area contributed by atoms with Crippen LogP contribution in [0.2, 0.25) is 0 Å². The molecule has 0 aromatic rings. The van der Waals surface area contributed by atoms with E-state index in [1.165, 1.54) is 0 Å². The number of hydrogen-bond donors (Lipinski definition) is 3. The predicted octanol–water partition coefficient (Wildman–Crippen LogP) is -0.227. The molecule has 0 rings (SSSR count). The fourth-order valence-electron chi connectivity index (χ4n) is 0.890. The molecule has 1 amide bonds. The Morgan fingerprint density at radius 1 is 1.73 bits per heavy atom. The molecule has 0 aliphatic rings. The zero-order valence-electron chi connectivity index (χ0n) is 7.00. The van der Waals surface area contributed by atoms with Gasteiger partial charge in [-0.1, -0.05) is 13.8 Å². The van der Waals surface area contributed by atoms with E-state index < -0.39 is 6.10 Å². The summed E-state index contributed by atoms with van der Waals surface area (Å²) in [4.78, 5) is 10.7. The SMILES string of the molecule is CCC(O)C(C)CC(=O)NN. The van der Waals surface area contributed by atoms with Gasteiger partial charge < -0.3 is 5.11 Å². The van der Waals surface area contributed by atoms with Crippen LogP contribution >= 0.6 is 0 Å². The molecule has 0 aromatic heterocycles. The first-order chi connectivity index (χ1) is 5.11. The first kappa shape index (κ1) is 10.4. The van der Waals surface area contributed by atoms with Gasteiger partial charge in [0.05, 0.1) is 6.10 Å². The number of hydrazine groups is 1. The first-order valence-corrected chi connectivity index (χ1v) is 3.79. The number of carbonyl (C=O) groups is 1. The molecular weight excluding hydrogens is 144 g/mol. The van der Waals surface area contributed by atoms with Crippen LogP contribution in [0.1, 0.15) is 26.7 Å². The van der Waals surface area contributed by atoms with Crippen LogP contribution in [0.4, 0.5) is 0 Å². The van der Waals surface area contributed by atoms with Gasteiger partial charge in [-0.3, -0.25) is 10.2 Å². The Bertz CT molecular complexity index is 128. The average molecular weight is 160 g/mol. The Morgan fingerprint density at radius 2 is 2.27 bits per heavy atom. The van der Waals surface area contributed by atoms with Crippen LogP contribution in [-0.2, 0) is 4.79 Å². The lowest BCUT2D eigenvalue weighted by Gasteiger charge is -2.15. The van der Waals surface area contributed by atoms with E-state index in [9.17, 15) is 9.90 Å². The molecular formula is C7H16N2O2. The monoisotopic (exact) mass is 160 g/mol. The lowest BCUT2D eigenvalue weighted by molar-refractivity contribution is -0.122. The fourth-order valence-corrected chi connectivity index (χ4v) is 0.890. The lowest BCUT2D eigenvalue weighted by Crippen LogP contribution is -2.33. The molecule has 0 aliphatic carbocycles. The number of nitrogens with two attached hydrogens (primary N) is 1. The smallest absolute Gasteiger partial charge is 0.234 e. The zero-order chi connectivity index (χ0) is 8.85. The molecule has 0 fully saturated rings. The van der Waals surface area contributed by atoms with Crippen LogP contribution in [0, 0.1) is 5.92 Å². The number of rotatable bonds is 4. The van der Waals surface area contributed by atoms with Crippen LogP contribution in [0.25, 0.3) is 0 Å². The van der Waals surface area contributed by atoms with E-state index in [1.807, 2.05) is 19.3 Å². The van der Waals surface area contributed by atoms with E-state index in [0.717, 1.165) is 0 Å². The highest BCUT2D eigenvalue weighted by atomic mass is 16.3. The number of nitrogens with one attached hydrogen (secondary N) is 1. The topological polar surface area (TPSA) is 75.3 Å². The van der Waals surface area contributed by atoms with Crippen molar-refractivity contribution in [2.75, 3.05) is 0 Å². The first-order valence-electron chi connectivity index (χ1n) is 3.79. The minimum absolute atomic E-state index is 0.0245. The number of aliphatic hydroxyl groups is 1. The van der Waals surface area contributed by atoms with E-state index in [0.29, 0.717) is 6.42 Å². The molecule has 0 radical (unpaired) electrons. The summed E-state index contributed by atoms with van der Waals surface area (Å²) in [6, 6.07) is 0. The maximum Gasteiger partial charge on any atom is 0.234 e. The van der Waals surface area contributed by atoms with Gasteiger partial charge in [0.2, 0.25) is 5.91 Å². The summed E-state index contributed by atoms with van der Waals surface area (Å²) in [5, 5.41) is 9.25. The van der Waals surface area contributed by atoms with Crippen molar-refractivity contribution in [3.05, 3.63) is 0 Å². The Hall–Kier alpha value is -0.610. The second-order valence-corrected chi connectivity index (χ2v) is 2.72. The minimum atomic E-state index is -0.410. The van der Waals surface area contributed by atoms with Gasteiger partial charge in [-0.05, 0) is 12.3 Å². The van der Waals surface area contributed by atoms with E-state index >= 15 is 0 Å². The quantitative estimate of drug-likeness (QED) is 0.302. The summed E-state index contributed by atoms with van der Waals surface area (Å²) in [6.45, 7) is 3.70. The lowest BCUT2D eigenvalue weighted by atomic mass is 9.99. The summed E-state index contributed by atoms with van der Waals surface area (Å²) >= 11 is 0. The maximum atomic E-state index is 10.7. The standard InChI is InChI=1S/C7H16N2O2/c1-3-6(10)5(2)4-7(11)9-8/h5-6,10H,3-4,8H2,1-2H3,(H,9,11). The van der Waals surface area contributed by atoms with Gasteiger partial charge in [0.25, 0.3) is 0 Å². The molecule has 0 saturated heterocycles. The van der Waals surface area contributed by atoms with Gasteiger partial charge >= 0.3 is 0 Å². The molecule has 0 bridgehead atoms. The van der Waals surface area contributed by atoms with Crippen LogP contribution < -0.4 is 11.3 Å². The van der Waals surface area contributed by atoms with Gasteiger partial charge in [0.1, 0.15) is 0 Å². The highest BCUT2D eigenvalue weighted by Crippen LogP contribution is 2.10. The molecule has 66 valence electrons. The van der Waals surface area contributed by atoms with Crippen LogP contribution in [-0.4, -0.2) is 17.1 Å². The molecule has 0 saturated carbocycles. The zero-order valence-corrected chi connectivity index (χ0v) is 7.00. The summed E-state index contributed by atoms with van der Waals surface area (Å²) in [7, 11) is 0. The molecule has 0 heterocycles. The van der Waals surface area contributed by atoms with Crippen molar-refractivity contribution in [2.45, 2.75) is 32.8 Å². The molecule has 4 N–H and O–H groups in total. The second-order valence-electron chi connectivity index (χ2n) is 2.72. The molecule has 0 aliphatic heterocycles. The van der Waals surface area contributed by atoms with Crippen LogP contribution in [0.15, 0.2) is 0 Å². The molecule has 2 atom stereocenters.